The first-order valence-electron chi connectivity index (χ1n) is 7.76. The second-order valence-corrected chi connectivity index (χ2v) is 6.86. The van der Waals surface area contributed by atoms with E-state index in [1.165, 1.54) is 42.5 Å². The van der Waals surface area contributed by atoms with Crippen LogP contribution in [0.25, 0.3) is 6.08 Å². The van der Waals surface area contributed by atoms with E-state index < -0.39 is 16.1 Å². The van der Waals surface area contributed by atoms with Crippen molar-refractivity contribution < 1.29 is 22.1 Å². The summed E-state index contributed by atoms with van der Waals surface area (Å²) in [4.78, 5) is 11.7. The van der Waals surface area contributed by atoms with E-state index in [4.69, 9.17) is 14.2 Å². The highest BCUT2D eigenvalue weighted by molar-refractivity contribution is 7.87. The second-order valence-electron chi connectivity index (χ2n) is 5.31. The third kappa shape index (κ3) is 4.94. The maximum Gasteiger partial charge on any atom is 0.348 e. The summed E-state index contributed by atoms with van der Waals surface area (Å²) in [7, 11) is -3.93. The zero-order chi connectivity index (χ0) is 19.2. The lowest BCUT2D eigenvalue weighted by Crippen LogP contribution is -2.09. The Morgan fingerprint density at radius 3 is 2.27 bits per heavy atom. The lowest BCUT2D eigenvalue weighted by molar-refractivity contribution is -0.137. The minimum Gasteiger partial charge on any atom is -0.462 e. The van der Waals surface area contributed by atoms with Gasteiger partial charge in [0, 0.05) is 0 Å². The standard InChI is InChI=1S/C19H17NO5S/c1-3-24-19(21)16(13-20)12-15-6-8-17(9-7-15)25-26(22,23)18-10-4-14(2)5-11-18/h4-12H,3H2,1-2H3/b16-12+. The van der Waals surface area contributed by atoms with E-state index in [1.807, 2.05) is 6.92 Å². The summed E-state index contributed by atoms with van der Waals surface area (Å²) in [6, 6.07) is 14.0. The van der Waals surface area contributed by atoms with Crippen LogP contribution < -0.4 is 4.18 Å². The summed E-state index contributed by atoms with van der Waals surface area (Å²) in [5.74, 6) is -0.588. The molecule has 0 aliphatic rings. The average Bonchev–Trinajstić information content (AvgIpc) is 2.61. The molecule has 0 heterocycles. The number of ether oxygens (including phenoxy) is 1. The molecule has 0 N–H and O–H groups in total. The van der Waals surface area contributed by atoms with Crippen molar-refractivity contribution in [2.45, 2.75) is 18.7 Å². The van der Waals surface area contributed by atoms with Crippen LogP contribution in [-0.2, 0) is 19.6 Å². The van der Waals surface area contributed by atoms with Gasteiger partial charge in [-0.3, -0.25) is 0 Å². The van der Waals surface area contributed by atoms with Crippen molar-refractivity contribution in [1.29, 1.82) is 5.26 Å². The van der Waals surface area contributed by atoms with Crippen LogP contribution in [0, 0.1) is 18.3 Å². The maximum atomic E-state index is 12.2. The van der Waals surface area contributed by atoms with Crippen molar-refractivity contribution in [2.75, 3.05) is 6.61 Å². The average molecular weight is 371 g/mol. The van der Waals surface area contributed by atoms with Crippen LogP contribution in [0.2, 0.25) is 0 Å². The van der Waals surface area contributed by atoms with E-state index in [-0.39, 0.29) is 22.8 Å². The highest BCUT2D eigenvalue weighted by atomic mass is 32.2. The van der Waals surface area contributed by atoms with Crippen molar-refractivity contribution in [1.82, 2.24) is 0 Å². The molecule has 26 heavy (non-hydrogen) atoms. The van der Waals surface area contributed by atoms with E-state index in [2.05, 4.69) is 0 Å². The molecule has 0 saturated carbocycles. The Morgan fingerprint density at radius 1 is 1.12 bits per heavy atom. The van der Waals surface area contributed by atoms with Gasteiger partial charge in [0.1, 0.15) is 22.3 Å². The normalized spacial score (nSPS) is 11.5. The largest absolute Gasteiger partial charge is 0.462 e. The smallest absolute Gasteiger partial charge is 0.348 e. The SMILES string of the molecule is CCOC(=O)/C(C#N)=C/c1ccc(OS(=O)(=O)c2ccc(C)cc2)cc1. The molecule has 0 atom stereocenters. The van der Waals surface area contributed by atoms with Gasteiger partial charge in [-0.1, -0.05) is 29.8 Å². The zero-order valence-electron chi connectivity index (χ0n) is 14.3. The van der Waals surface area contributed by atoms with Crippen molar-refractivity contribution in [3.63, 3.8) is 0 Å². The van der Waals surface area contributed by atoms with Crippen molar-refractivity contribution in [2.24, 2.45) is 0 Å². The van der Waals surface area contributed by atoms with Crippen LogP contribution in [0.1, 0.15) is 18.1 Å². The molecule has 0 unspecified atom stereocenters. The third-order valence-electron chi connectivity index (χ3n) is 3.32. The predicted octanol–water partition coefficient (Wildman–Crippen LogP) is 3.23. The summed E-state index contributed by atoms with van der Waals surface area (Å²) < 4.78 is 34.4. The van der Waals surface area contributed by atoms with Gasteiger partial charge in [-0.2, -0.15) is 13.7 Å². The Morgan fingerprint density at radius 2 is 1.73 bits per heavy atom. The van der Waals surface area contributed by atoms with Gasteiger partial charge >= 0.3 is 16.1 Å². The number of nitriles is 1. The van der Waals surface area contributed by atoms with E-state index in [9.17, 15) is 13.2 Å². The Balaban J connectivity index is 2.18. The number of hydrogen-bond donors (Lipinski definition) is 0. The second kappa shape index (κ2) is 8.32. The minimum absolute atomic E-state index is 0.0566. The van der Waals surface area contributed by atoms with Crippen LogP contribution in [0.4, 0.5) is 0 Å². The van der Waals surface area contributed by atoms with Crippen molar-refractivity contribution in [3.8, 4) is 11.8 Å². The summed E-state index contributed by atoms with van der Waals surface area (Å²) in [6.45, 7) is 3.67. The summed E-state index contributed by atoms with van der Waals surface area (Å²) in [6.07, 6.45) is 1.36. The van der Waals surface area contributed by atoms with Crippen molar-refractivity contribution in [3.05, 3.63) is 65.2 Å². The van der Waals surface area contributed by atoms with Gasteiger partial charge in [0.25, 0.3) is 0 Å². The molecule has 0 bridgehead atoms. The minimum atomic E-state index is -3.93. The highest BCUT2D eigenvalue weighted by Crippen LogP contribution is 2.20. The molecule has 0 fully saturated rings. The lowest BCUT2D eigenvalue weighted by atomic mass is 10.1. The fraction of sp³-hybridized carbons (Fsp3) is 0.158. The monoisotopic (exact) mass is 371 g/mol. The molecule has 0 aliphatic carbocycles. The number of aryl methyl sites for hydroxylation is 1. The number of esters is 1. The van der Waals surface area contributed by atoms with Gasteiger partial charge in [0.2, 0.25) is 0 Å². The molecule has 0 aromatic heterocycles. The topological polar surface area (TPSA) is 93.5 Å². The Hall–Kier alpha value is -3.11. The van der Waals surface area contributed by atoms with E-state index >= 15 is 0 Å². The Kier molecular flexibility index (Phi) is 6.15. The van der Waals surface area contributed by atoms with Gasteiger partial charge in [-0.05, 0) is 49.8 Å². The fourth-order valence-corrected chi connectivity index (χ4v) is 2.94. The quantitative estimate of drug-likeness (QED) is 0.335. The molecule has 2 aromatic carbocycles. The molecule has 0 aliphatic heterocycles. The number of hydrogen-bond acceptors (Lipinski definition) is 6. The summed E-state index contributed by atoms with van der Waals surface area (Å²) in [5.41, 5.74) is 1.33. The molecule has 134 valence electrons. The number of carbonyl (C=O) groups excluding carboxylic acids is 1. The molecule has 0 radical (unpaired) electrons. The number of rotatable bonds is 6. The van der Waals surface area contributed by atoms with Gasteiger partial charge in [-0.25, -0.2) is 4.79 Å². The Labute approximate surface area is 152 Å². The van der Waals surface area contributed by atoms with Crippen LogP contribution in [-0.4, -0.2) is 21.0 Å². The molecule has 0 saturated heterocycles. The maximum absolute atomic E-state index is 12.2. The molecular formula is C19H17NO5S. The molecule has 2 rings (SSSR count). The van der Waals surface area contributed by atoms with Gasteiger partial charge in [-0.15, -0.1) is 0 Å². The molecule has 6 nitrogen and oxygen atoms in total. The highest BCUT2D eigenvalue weighted by Gasteiger charge is 2.16. The molecular weight excluding hydrogens is 354 g/mol. The first kappa shape index (κ1) is 19.2. The fourth-order valence-electron chi connectivity index (χ4n) is 2.01. The zero-order valence-corrected chi connectivity index (χ0v) is 15.1. The first-order valence-corrected chi connectivity index (χ1v) is 9.16. The summed E-state index contributed by atoms with van der Waals surface area (Å²) in [5, 5.41) is 9.01. The first-order chi connectivity index (χ1) is 12.4. The summed E-state index contributed by atoms with van der Waals surface area (Å²) >= 11 is 0. The van der Waals surface area contributed by atoms with Gasteiger partial charge in [0.15, 0.2) is 0 Å². The van der Waals surface area contributed by atoms with Crippen LogP contribution >= 0.6 is 0 Å². The van der Waals surface area contributed by atoms with Crippen LogP contribution in [0.3, 0.4) is 0 Å². The molecule has 0 spiro atoms. The number of carbonyl (C=O) groups is 1. The predicted molar refractivity (Wildman–Crippen MR) is 95.7 cm³/mol. The molecule has 0 amide bonds. The van der Waals surface area contributed by atoms with E-state index in [0.29, 0.717) is 5.56 Å². The van der Waals surface area contributed by atoms with Crippen LogP contribution in [0.15, 0.2) is 59.0 Å². The lowest BCUT2D eigenvalue weighted by Gasteiger charge is -2.07. The molecule has 2 aromatic rings. The number of benzene rings is 2. The van der Waals surface area contributed by atoms with E-state index in [1.54, 1.807) is 25.1 Å². The van der Waals surface area contributed by atoms with E-state index in [0.717, 1.165) is 5.56 Å². The van der Waals surface area contributed by atoms with Crippen molar-refractivity contribution >= 4 is 22.2 Å². The Bertz CT molecular complexity index is 952. The number of nitrogens with zero attached hydrogens (tertiary/aromatic N) is 1. The molecule has 7 heteroatoms. The third-order valence-corrected chi connectivity index (χ3v) is 4.58. The van der Waals surface area contributed by atoms with Gasteiger partial charge < -0.3 is 8.92 Å². The van der Waals surface area contributed by atoms with Gasteiger partial charge in [0.05, 0.1) is 6.61 Å². The van der Waals surface area contributed by atoms with Crippen LogP contribution in [0.5, 0.6) is 5.75 Å².